The van der Waals surface area contributed by atoms with Crippen molar-refractivity contribution in [3.8, 4) is 0 Å². The maximum atomic E-state index is 11.3. The number of hydrogen-bond donors (Lipinski definition) is 1. The summed E-state index contributed by atoms with van der Waals surface area (Å²) < 4.78 is 24.7. The van der Waals surface area contributed by atoms with Gasteiger partial charge in [0.1, 0.15) is 0 Å². The molecule has 1 aliphatic rings. The van der Waals surface area contributed by atoms with E-state index in [9.17, 15) is 8.42 Å². The van der Waals surface area contributed by atoms with Crippen molar-refractivity contribution >= 4 is 9.84 Å². The number of sulfone groups is 1. The van der Waals surface area contributed by atoms with Gasteiger partial charge >= 0.3 is 0 Å². The van der Waals surface area contributed by atoms with E-state index < -0.39 is 9.84 Å². The highest BCUT2D eigenvalue weighted by Gasteiger charge is 2.27. The van der Waals surface area contributed by atoms with Crippen LogP contribution in [0, 0.1) is 0 Å². The first-order valence-corrected chi connectivity index (χ1v) is 7.74. The molecule has 0 amide bonds. The van der Waals surface area contributed by atoms with E-state index in [0.29, 0.717) is 18.3 Å². The van der Waals surface area contributed by atoms with Crippen LogP contribution >= 0.6 is 0 Å². The van der Waals surface area contributed by atoms with E-state index in [1.54, 1.807) is 0 Å². The Morgan fingerprint density at radius 2 is 2.35 bits per heavy atom. The first kappa shape index (κ1) is 12.6. The summed E-state index contributed by atoms with van der Waals surface area (Å²) in [7, 11) is -2.80. The van der Waals surface area contributed by atoms with Gasteiger partial charge in [0.05, 0.1) is 23.5 Å². The number of imidazole rings is 1. The number of aromatic nitrogens is 2. The highest BCUT2D eigenvalue weighted by atomic mass is 32.2. The zero-order chi connectivity index (χ0) is 12.5. The summed E-state index contributed by atoms with van der Waals surface area (Å²) in [5, 5.41) is 3.29. The van der Waals surface area contributed by atoms with E-state index in [-0.39, 0.29) is 11.8 Å². The summed E-state index contributed by atoms with van der Waals surface area (Å²) in [6.45, 7) is 4.88. The molecule has 0 spiro atoms. The highest BCUT2D eigenvalue weighted by Crippen LogP contribution is 2.13. The van der Waals surface area contributed by atoms with E-state index in [0.717, 1.165) is 12.1 Å². The van der Waals surface area contributed by atoms with Gasteiger partial charge in [0.15, 0.2) is 9.84 Å². The van der Waals surface area contributed by atoms with Crippen molar-refractivity contribution in [3.63, 3.8) is 0 Å². The lowest BCUT2D eigenvalue weighted by atomic mass is 10.2. The van der Waals surface area contributed by atoms with Crippen LogP contribution in [-0.4, -0.2) is 35.5 Å². The van der Waals surface area contributed by atoms with Crippen LogP contribution in [0.15, 0.2) is 12.5 Å². The molecule has 1 N–H and O–H groups in total. The molecule has 1 unspecified atom stereocenters. The Hall–Kier alpha value is -0.880. The van der Waals surface area contributed by atoms with Crippen molar-refractivity contribution in [2.75, 3.05) is 11.5 Å². The van der Waals surface area contributed by atoms with Crippen LogP contribution in [0.2, 0.25) is 0 Å². The number of nitrogens with zero attached hydrogens (tertiary/aromatic N) is 2. The second kappa shape index (κ2) is 4.78. The lowest BCUT2D eigenvalue weighted by Gasteiger charge is -2.14. The minimum absolute atomic E-state index is 0.0931. The standard InChI is InChI=1S/C11H19N3O2S/c1-9(2)14-8-12-5-11(14)6-13-10-3-4-17(15,16)7-10/h5,8-10,13H,3-4,6-7H2,1-2H3. The van der Waals surface area contributed by atoms with Crippen molar-refractivity contribution in [1.82, 2.24) is 14.9 Å². The molecule has 6 heteroatoms. The van der Waals surface area contributed by atoms with E-state index >= 15 is 0 Å². The molecule has 5 nitrogen and oxygen atoms in total. The van der Waals surface area contributed by atoms with Gasteiger partial charge in [-0.05, 0) is 20.3 Å². The van der Waals surface area contributed by atoms with Gasteiger partial charge in [-0.2, -0.15) is 0 Å². The summed E-state index contributed by atoms with van der Waals surface area (Å²) >= 11 is 0. The third-order valence-electron chi connectivity index (χ3n) is 3.11. The molecule has 2 heterocycles. The van der Waals surface area contributed by atoms with Crippen molar-refractivity contribution in [3.05, 3.63) is 18.2 Å². The first-order valence-electron chi connectivity index (χ1n) is 5.92. The Labute approximate surface area is 102 Å². The topological polar surface area (TPSA) is 64.0 Å². The van der Waals surface area contributed by atoms with Gasteiger partial charge in [-0.25, -0.2) is 13.4 Å². The molecule has 1 aromatic rings. The molecule has 2 rings (SSSR count). The van der Waals surface area contributed by atoms with Gasteiger partial charge < -0.3 is 9.88 Å². The predicted octanol–water partition coefficient (Wildman–Crippen LogP) is 0.741. The predicted molar refractivity (Wildman–Crippen MR) is 66.5 cm³/mol. The second-order valence-corrected chi connectivity index (χ2v) is 7.10. The average molecular weight is 257 g/mol. The van der Waals surface area contributed by atoms with E-state index in [1.165, 1.54) is 0 Å². The lowest BCUT2D eigenvalue weighted by molar-refractivity contribution is 0.510. The van der Waals surface area contributed by atoms with E-state index in [4.69, 9.17) is 0 Å². The minimum atomic E-state index is -2.80. The van der Waals surface area contributed by atoms with Gasteiger partial charge in [0, 0.05) is 24.8 Å². The number of nitrogens with one attached hydrogen (secondary N) is 1. The zero-order valence-electron chi connectivity index (χ0n) is 10.3. The summed E-state index contributed by atoms with van der Waals surface area (Å²) in [6, 6.07) is 0.470. The van der Waals surface area contributed by atoms with Gasteiger partial charge in [0.25, 0.3) is 0 Å². The summed E-state index contributed by atoms with van der Waals surface area (Å²) in [5.74, 6) is 0.580. The van der Waals surface area contributed by atoms with E-state index in [1.807, 2.05) is 12.5 Å². The SMILES string of the molecule is CC(C)n1cncc1CNC1CCS(=O)(=O)C1. The molecule has 1 aliphatic heterocycles. The van der Waals surface area contributed by atoms with Crippen molar-refractivity contribution in [2.45, 2.75) is 38.9 Å². The summed E-state index contributed by atoms with van der Waals surface area (Å²) in [6.07, 6.45) is 4.36. The van der Waals surface area contributed by atoms with Crippen LogP contribution in [0.5, 0.6) is 0 Å². The molecular weight excluding hydrogens is 238 g/mol. The third kappa shape index (κ3) is 3.07. The van der Waals surface area contributed by atoms with E-state index in [2.05, 4.69) is 28.7 Å². The molecule has 1 saturated heterocycles. The fourth-order valence-corrected chi connectivity index (χ4v) is 3.85. The van der Waals surface area contributed by atoms with Crippen molar-refractivity contribution in [2.24, 2.45) is 0 Å². The van der Waals surface area contributed by atoms with Crippen molar-refractivity contribution < 1.29 is 8.42 Å². The number of rotatable bonds is 4. The third-order valence-corrected chi connectivity index (χ3v) is 4.87. The Bertz CT molecular complexity index is 479. The van der Waals surface area contributed by atoms with Gasteiger partial charge in [-0.3, -0.25) is 0 Å². The fraction of sp³-hybridized carbons (Fsp3) is 0.727. The number of hydrogen-bond acceptors (Lipinski definition) is 4. The minimum Gasteiger partial charge on any atom is -0.331 e. The molecule has 0 bridgehead atoms. The second-order valence-electron chi connectivity index (χ2n) is 4.87. The smallest absolute Gasteiger partial charge is 0.151 e. The molecule has 1 atom stereocenters. The normalized spacial score (nSPS) is 23.4. The quantitative estimate of drug-likeness (QED) is 0.864. The van der Waals surface area contributed by atoms with Crippen LogP contribution < -0.4 is 5.32 Å². The van der Waals surface area contributed by atoms with Gasteiger partial charge in [0.2, 0.25) is 0 Å². The van der Waals surface area contributed by atoms with Crippen LogP contribution in [0.25, 0.3) is 0 Å². The molecule has 0 saturated carbocycles. The first-order chi connectivity index (χ1) is 7.98. The molecule has 0 radical (unpaired) electrons. The average Bonchev–Trinajstić information content (AvgIpc) is 2.81. The van der Waals surface area contributed by atoms with Crippen molar-refractivity contribution in [1.29, 1.82) is 0 Å². The van der Waals surface area contributed by atoms with Gasteiger partial charge in [-0.1, -0.05) is 0 Å². The molecule has 1 fully saturated rings. The maximum Gasteiger partial charge on any atom is 0.151 e. The molecule has 0 aromatic carbocycles. The Morgan fingerprint density at radius 1 is 1.59 bits per heavy atom. The zero-order valence-corrected chi connectivity index (χ0v) is 11.1. The largest absolute Gasteiger partial charge is 0.331 e. The van der Waals surface area contributed by atoms with Crippen LogP contribution in [0.3, 0.4) is 0 Å². The molecular formula is C11H19N3O2S. The summed E-state index contributed by atoms with van der Waals surface area (Å²) in [5.41, 5.74) is 1.10. The Kier molecular flexibility index (Phi) is 3.53. The van der Waals surface area contributed by atoms with Crippen LogP contribution in [-0.2, 0) is 16.4 Å². The monoisotopic (exact) mass is 257 g/mol. The Balaban J connectivity index is 1.92. The maximum absolute atomic E-state index is 11.3. The molecule has 17 heavy (non-hydrogen) atoms. The summed E-state index contributed by atoms with van der Waals surface area (Å²) in [4.78, 5) is 4.12. The highest BCUT2D eigenvalue weighted by molar-refractivity contribution is 7.91. The Morgan fingerprint density at radius 3 is 2.94 bits per heavy atom. The lowest BCUT2D eigenvalue weighted by Crippen LogP contribution is -2.30. The molecule has 0 aliphatic carbocycles. The molecule has 1 aromatic heterocycles. The van der Waals surface area contributed by atoms with Gasteiger partial charge in [-0.15, -0.1) is 0 Å². The van der Waals surface area contributed by atoms with Crippen LogP contribution in [0.4, 0.5) is 0 Å². The van der Waals surface area contributed by atoms with Crippen LogP contribution in [0.1, 0.15) is 32.0 Å². The molecule has 96 valence electrons. The fourth-order valence-electron chi connectivity index (χ4n) is 2.14.